The van der Waals surface area contributed by atoms with E-state index in [2.05, 4.69) is 24.5 Å². The Balaban J connectivity index is 1.79. The van der Waals surface area contributed by atoms with E-state index in [1.54, 1.807) is 0 Å². The highest BCUT2D eigenvalue weighted by atomic mass is 16.5. The first-order valence-corrected chi connectivity index (χ1v) is 8.88. The van der Waals surface area contributed by atoms with Crippen LogP contribution in [0, 0.1) is 0 Å². The second-order valence-corrected chi connectivity index (χ2v) is 6.50. The number of carbonyl (C=O) groups is 2. The van der Waals surface area contributed by atoms with Gasteiger partial charge in [-0.2, -0.15) is 0 Å². The SMILES string of the molecule is CCO[C@H]1COC[C@@H]1NC(=O)CCC(=O)Nc1ccccc1C(C)C. The molecule has 1 heterocycles. The van der Waals surface area contributed by atoms with Crippen molar-refractivity contribution in [3.8, 4) is 0 Å². The Morgan fingerprint density at radius 2 is 1.92 bits per heavy atom. The Hall–Kier alpha value is -1.92. The van der Waals surface area contributed by atoms with Crippen LogP contribution in [0.2, 0.25) is 0 Å². The molecule has 138 valence electrons. The Kier molecular flexibility index (Phi) is 7.40. The molecule has 1 aliphatic heterocycles. The van der Waals surface area contributed by atoms with E-state index < -0.39 is 0 Å². The van der Waals surface area contributed by atoms with Gasteiger partial charge in [-0.05, 0) is 24.5 Å². The summed E-state index contributed by atoms with van der Waals surface area (Å²) in [5.74, 6) is -0.00237. The number of hydrogen-bond acceptors (Lipinski definition) is 4. The predicted octanol–water partition coefficient (Wildman–Crippen LogP) is 2.45. The molecule has 1 saturated heterocycles. The van der Waals surface area contributed by atoms with E-state index >= 15 is 0 Å². The van der Waals surface area contributed by atoms with Crippen LogP contribution in [0.4, 0.5) is 5.69 Å². The first-order valence-electron chi connectivity index (χ1n) is 8.88. The lowest BCUT2D eigenvalue weighted by Gasteiger charge is -2.19. The summed E-state index contributed by atoms with van der Waals surface area (Å²) in [6.07, 6.45) is 0.177. The van der Waals surface area contributed by atoms with Crippen molar-refractivity contribution in [1.82, 2.24) is 5.32 Å². The summed E-state index contributed by atoms with van der Waals surface area (Å²) in [4.78, 5) is 24.2. The minimum atomic E-state index is -0.160. The van der Waals surface area contributed by atoms with E-state index in [1.807, 2.05) is 31.2 Å². The molecular weight excluding hydrogens is 320 g/mol. The van der Waals surface area contributed by atoms with Gasteiger partial charge in [0.2, 0.25) is 11.8 Å². The molecule has 1 aromatic carbocycles. The van der Waals surface area contributed by atoms with Crippen molar-refractivity contribution in [3.05, 3.63) is 29.8 Å². The highest BCUT2D eigenvalue weighted by molar-refractivity contribution is 5.94. The summed E-state index contributed by atoms with van der Waals surface area (Å²) < 4.78 is 10.9. The van der Waals surface area contributed by atoms with E-state index in [9.17, 15) is 9.59 Å². The lowest BCUT2D eigenvalue weighted by atomic mass is 10.0. The summed E-state index contributed by atoms with van der Waals surface area (Å²) in [5, 5.41) is 5.80. The van der Waals surface area contributed by atoms with E-state index in [-0.39, 0.29) is 36.8 Å². The number of amides is 2. The average molecular weight is 348 g/mol. The molecule has 1 aliphatic rings. The van der Waals surface area contributed by atoms with Gasteiger partial charge in [0.1, 0.15) is 6.10 Å². The fourth-order valence-corrected chi connectivity index (χ4v) is 2.88. The molecule has 25 heavy (non-hydrogen) atoms. The number of ether oxygens (including phenoxy) is 2. The van der Waals surface area contributed by atoms with Crippen LogP contribution in [0.25, 0.3) is 0 Å². The average Bonchev–Trinajstić information content (AvgIpc) is 3.00. The summed E-state index contributed by atoms with van der Waals surface area (Å²) in [6, 6.07) is 7.59. The maximum atomic E-state index is 12.2. The van der Waals surface area contributed by atoms with E-state index in [4.69, 9.17) is 9.47 Å². The van der Waals surface area contributed by atoms with Crippen LogP contribution >= 0.6 is 0 Å². The molecule has 0 bridgehead atoms. The lowest BCUT2D eigenvalue weighted by Crippen LogP contribution is -2.43. The third-order valence-corrected chi connectivity index (χ3v) is 4.19. The maximum absolute atomic E-state index is 12.2. The fraction of sp³-hybridized carbons (Fsp3) is 0.579. The Morgan fingerprint density at radius 1 is 1.20 bits per heavy atom. The van der Waals surface area contributed by atoms with Gasteiger partial charge in [-0.25, -0.2) is 0 Å². The van der Waals surface area contributed by atoms with Gasteiger partial charge in [0.25, 0.3) is 0 Å². The number of rotatable bonds is 8. The van der Waals surface area contributed by atoms with Gasteiger partial charge >= 0.3 is 0 Å². The van der Waals surface area contributed by atoms with Crippen molar-refractivity contribution < 1.29 is 19.1 Å². The molecule has 0 unspecified atom stereocenters. The van der Waals surface area contributed by atoms with Crippen LogP contribution in [0.15, 0.2) is 24.3 Å². The van der Waals surface area contributed by atoms with Crippen LogP contribution in [0.1, 0.15) is 45.1 Å². The predicted molar refractivity (Wildman–Crippen MR) is 96.6 cm³/mol. The van der Waals surface area contributed by atoms with Crippen molar-refractivity contribution in [2.45, 2.75) is 51.7 Å². The van der Waals surface area contributed by atoms with Crippen molar-refractivity contribution >= 4 is 17.5 Å². The van der Waals surface area contributed by atoms with Crippen molar-refractivity contribution in [1.29, 1.82) is 0 Å². The molecule has 0 spiro atoms. The first kappa shape index (κ1) is 19.4. The van der Waals surface area contributed by atoms with Gasteiger partial charge in [0, 0.05) is 25.1 Å². The van der Waals surface area contributed by atoms with E-state index in [0.717, 1.165) is 11.3 Å². The number of hydrogen-bond donors (Lipinski definition) is 2. The van der Waals surface area contributed by atoms with Gasteiger partial charge in [0.15, 0.2) is 0 Å². The molecule has 0 aromatic heterocycles. The smallest absolute Gasteiger partial charge is 0.224 e. The minimum absolute atomic E-state index is 0.110. The Labute approximate surface area is 149 Å². The van der Waals surface area contributed by atoms with Gasteiger partial charge in [-0.3, -0.25) is 9.59 Å². The van der Waals surface area contributed by atoms with Gasteiger partial charge in [-0.15, -0.1) is 0 Å². The summed E-state index contributed by atoms with van der Waals surface area (Å²) in [7, 11) is 0. The number of anilines is 1. The quantitative estimate of drug-likeness (QED) is 0.756. The Bertz CT molecular complexity index is 589. The number of para-hydroxylation sites is 1. The summed E-state index contributed by atoms with van der Waals surface area (Å²) >= 11 is 0. The standard InChI is InChI=1S/C19H28N2O4/c1-4-25-17-12-24-11-16(17)21-19(23)10-9-18(22)20-15-8-6-5-7-14(15)13(2)3/h5-8,13,16-17H,4,9-12H2,1-3H3,(H,20,22)(H,21,23)/t16-,17-/m0/s1. The summed E-state index contributed by atoms with van der Waals surface area (Å²) in [6.45, 7) is 7.60. The molecule has 6 nitrogen and oxygen atoms in total. The first-order chi connectivity index (χ1) is 12.0. The van der Waals surface area contributed by atoms with Gasteiger partial charge in [0.05, 0.1) is 19.3 Å². The van der Waals surface area contributed by atoms with Gasteiger partial charge in [-0.1, -0.05) is 32.0 Å². The number of benzene rings is 1. The molecule has 2 amide bonds. The topological polar surface area (TPSA) is 76.7 Å². The Morgan fingerprint density at radius 3 is 2.64 bits per heavy atom. The molecule has 0 radical (unpaired) electrons. The van der Waals surface area contributed by atoms with Crippen molar-refractivity contribution in [2.24, 2.45) is 0 Å². The van der Waals surface area contributed by atoms with E-state index in [0.29, 0.717) is 25.7 Å². The monoisotopic (exact) mass is 348 g/mol. The highest BCUT2D eigenvalue weighted by Gasteiger charge is 2.29. The second-order valence-electron chi connectivity index (χ2n) is 6.50. The maximum Gasteiger partial charge on any atom is 0.224 e. The number of carbonyl (C=O) groups excluding carboxylic acids is 2. The zero-order chi connectivity index (χ0) is 18.2. The van der Waals surface area contributed by atoms with Crippen molar-refractivity contribution in [2.75, 3.05) is 25.1 Å². The third kappa shape index (κ3) is 5.83. The number of nitrogens with one attached hydrogen (secondary N) is 2. The van der Waals surface area contributed by atoms with Crippen LogP contribution in [0.5, 0.6) is 0 Å². The molecule has 1 fully saturated rings. The lowest BCUT2D eigenvalue weighted by molar-refractivity contribution is -0.125. The second kappa shape index (κ2) is 9.53. The molecule has 2 N–H and O–H groups in total. The van der Waals surface area contributed by atoms with E-state index in [1.165, 1.54) is 0 Å². The molecule has 0 aliphatic carbocycles. The van der Waals surface area contributed by atoms with Crippen LogP contribution in [0.3, 0.4) is 0 Å². The molecule has 1 aromatic rings. The molecular formula is C19H28N2O4. The van der Waals surface area contributed by atoms with Gasteiger partial charge < -0.3 is 20.1 Å². The molecule has 2 atom stereocenters. The third-order valence-electron chi connectivity index (χ3n) is 4.19. The molecule has 6 heteroatoms. The minimum Gasteiger partial charge on any atom is -0.376 e. The zero-order valence-electron chi connectivity index (χ0n) is 15.2. The largest absolute Gasteiger partial charge is 0.376 e. The van der Waals surface area contributed by atoms with Crippen molar-refractivity contribution in [3.63, 3.8) is 0 Å². The van der Waals surface area contributed by atoms with Crippen LogP contribution in [-0.4, -0.2) is 43.8 Å². The van der Waals surface area contributed by atoms with Crippen LogP contribution in [-0.2, 0) is 19.1 Å². The van der Waals surface area contributed by atoms with Crippen LogP contribution < -0.4 is 10.6 Å². The molecule has 2 rings (SSSR count). The normalized spacial score (nSPS) is 19.8. The molecule has 0 saturated carbocycles. The summed E-state index contributed by atoms with van der Waals surface area (Å²) in [5.41, 5.74) is 1.89. The highest BCUT2D eigenvalue weighted by Crippen LogP contribution is 2.23. The zero-order valence-corrected chi connectivity index (χ0v) is 15.2. The fourth-order valence-electron chi connectivity index (χ4n) is 2.88.